The molecule has 2 aliphatic heterocycles. The van der Waals surface area contributed by atoms with Gasteiger partial charge in [0, 0.05) is 0 Å². The van der Waals surface area contributed by atoms with E-state index in [-0.39, 0.29) is 17.6 Å². The largest absolute Gasteiger partial charge is 0.444 e. The average molecular weight is 680 g/mol. The Hall–Kier alpha value is -3.04. The summed E-state index contributed by atoms with van der Waals surface area (Å²) in [4.78, 5) is 43.6. The maximum absolute atomic E-state index is 13.1. The van der Waals surface area contributed by atoms with E-state index in [4.69, 9.17) is 37.8 Å². The van der Waals surface area contributed by atoms with E-state index in [1.54, 1.807) is 85.7 Å². The fourth-order valence-electron chi connectivity index (χ4n) is 4.52. The number of hydrogen-bond acceptors (Lipinski definition) is 11. The number of carbonyl (C=O) groups is 3. The van der Waals surface area contributed by atoms with Crippen LogP contribution in [0.3, 0.4) is 0 Å². The summed E-state index contributed by atoms with van der Waals surface area (Å²) in [5.41, 5.74) is -1.32. The van der Waals surface area contributed by atoms with Crippen molar-refractivity contribution in [1.29, 1.82) is 0 Å². The van der Waals surface area contributed by atoms with Crippen molar-refractivity contribution >= 4 is 32.4 Å². The summed E-state index contributed by atoms with van der Waals surface area (Å²) in [6.07, 6.45) is -5.29. The number of benzene rings is 1. The van der Waals surface area contributed by atoms with E-state index in [1.807, 2.05) is 0 Å². The van der Waals surface area contributed by atoms with Crippen molar-refractivity contribution in [1.82, 2.24) is 10.6 Å². The SMILES string of the molecule is CC(C)(C)OC(=O)NC(=N[C@@H](CO[Si](C)(C)C(C)(C)C)[C@H]1O[C@H](OC(=O)c2ccccc2)[C@H]2OC(C)(C)O[C@H]21)NC(=O)OC(C)(C)C. The zero-order chi connectivity index (χ0) is 35.6. The van der Waals surface area contributed by atoms with Crippen molar-refractivity contribution in [2.75, 3.05) is 6.61 Å². The Kier molecular flexibility index (Phi) is 11.6. The summed E-state index contributed by atoms with van der Waals surface area (Å²) < 4.78 is 42.0. The van der Waals surface area contributed by atoms with Crippen molar-refractivity contribution in [3.63, 3.8) is 0 Å². The number of nitrogens with one attached hydrogen (secondary N) is 2. The number of carbonyl (C=O) groups excluding carboxylic acids is 3. The van der Waals surface area contributed by atoms with Gasteiger partial charge in [0.1, 0.15) is 29.5 Å². The lowest BCUT2D eigenvalue weighted by Gasteiger charge is -2.37. The van der Waals surface area contributed by atoms with Crippen LogP contribution in [0.1, 0.15) is 86.5 Å². The fraction of sp³-hybridized carbons (Fsp3) is 0.697. The molecular formula is C33H53N3O10Si. The molecule has 2 N–H and O–H groups in total. The van der Waals surface area contributed by atoms with Gasteiger partial charge in [0.2, 0.25) is 12.2 Å². The van der Waals surface area contributed by atoms with Gasteiger partial charge in [-0.1, -0.05) is 39.0 Å². The van der Waals surface area contributed by atoms with E-state index in [1.165, 1.54) is 0 Å². The quantitative estimate of drug-likeness (QED) is 0.117. The second kappa shape index (κ2) is 14.2. The third kappa shape index (κ3) is 11.3. The summed E-state index contributed by atoms with van der Waals surface area (Å²) >= 11 is 0. The zero-order valence-corrected chi connectivity index (χ0v) is 31.0. The second-order valence-electron chi connectivity index (χ2n) is 15.7. The first-order chi connectivity index (χ1) is 21.4. The number of fused-ring (bicyclic) bond motifs is 1. The molecule has 2 fully saturated rings. The monoisotopic (exact) mass is 679 g/mol. The minimum atomic E-state index is -2.35. The van der Waals surface area contributed by atoms with Gasteiger partial charge in [-0.3, -0.25) is 10.6 Å². The van der Waals surface area contributed by atoms with Crippen LogP contribution in [0.25, 0.3) is 0 Å². The minimum Gasteiger partial charge on any atom is -0.444 e. The Labute approximate surface area is 279 Å². The predicted octanol–water partition coefficient (Wildman–Crippen LogP) is 5.88. The van der Waals surface area contributed by atoms with Crippen molar-refractivity contribution in [2.24, 2.45) is 4.99 Å². The van der Waals surface area contributed by atoms with E-state index >= 15 is 0 Å². The molecule has 264 valence electrons. The van der Waals surface area contributed by atoms with E-state index in [0.29, 0.717) is 5.56 Å². The number of amides is 2. The molecule has 1 aromatic carbocycles. The summed E-state index contributed by atoms with van der Waals surface area (Å²) in [7, 11) is -2.35. The molecule has 13 nitrogen and oxygen atoms in total. The summed E-state index contributed by atoms with van der Waals surface area (Å²) in [5.74, 6) is -1.88. The number of hydrogen-bond donors (Lipinski definition) is 2. The summed E-state index contributed by atoms with van der Waals surface area (Å²) in [6.45, 7) is 24.3. The lowest BCUT2D eigenvalue weighted by atomic mass is 10.0. The summed E-state index contributed by atoms with van der Waals surface area (Å²) in [6, 6.07) is 7.64. The zero-order valence-electron chi connectivity index (χ0n) is 30.0. The highest BCUT2D eigenvalue weighted by atomic mass is 28.4. The highest BCUT2D eigenvalue weighted by molar-refractivity contribution is 6.74. The molecule has 2 heterocycles. The topological polar surface area (TPSA) is 152 Å². The van der Waals surface area contributed by atoms with Crippen molar-refractivity contribution in [2.45, 2.75) is 142 Å². The van der Waals surface area contributed by atoms with Crippen molar-refractivity contribution < 1.29 is 47.2 Å². The second-order valence-corrected chi connectivity index (χ2v) is 20.5. The molecule has 2 saturated heterocycles. The third-order valence-corrected chi connectivity index (χ3v) is 12.1. The number of guanidine groups is 1. The molecule has 0 saturated carbocycles. The number of esters is 1. The van der Waals surface area contributed by atoms with E-state index in [9.17, 15) is 14.4 Å². The smallest absolute Gasteiger partial charge is 0.414 e. The van der Waals surface area contributed by atoms with E-state index in [0.717, 1.165) is 0 Å². The maximum atomic E-state index is 13.1. The van der Waals surface area contributed by atoms with Gasteiger partial charge in [0.15, 0.2) is 20.2 Å². The number of ether oxygens (including phenoxy) is 6. The molecule has 2 amide bonds. The molecule has 0 unspecified atom stereocenters. The molecule has 47 heavy (non-hydrogen) atoms. The Bertz CT molecular complexity index is 1270. The normalized spacial score (nSPS) is 23.3. The van der Waals surface area contributed by atoms with Gasteiger partial charge in [-0.25, -0.2) is 19.4 Å². The highest BCUT2D eigenvalue weighted by Gasteiger charge is 2.59. The van der Waals surface area contributed by atoms with Gasteiger partial charge in [0.05, 0.1) is 12.2 Å². The molecule has 14 heteroatoms. The molecule has 0 aliphatic carbocycles. The van der Waals surface area contributed by atoms with Gasteiger partial charge in [-0.15, -0.1) is 0 Å². The molecule has 0 bridgehead atoms. The first kappa shape index (κ1) is 38.4. The van der Waals surface area contributed by atoms with Crippen LogP contribution in [0.15, 0.2) is 35.3 Å². The Morgan fingerprint density at radius 3 is 1.87 bits per heavy atom. The fourth-order valence-corrected chi connectivity index (χ4v) is 5.54. The van der Waals surface area contributed by atoms with Crippen LogP contribution in [-0.4, -0.2) is 86.7 Å². The van der Waals surface area contributed by atoms with Crippen molar-refractivity contribution in [3.05, 3.63) is 35.9 Å². The van der Waals surface area contributed by atoms with Gasteiger partial charge < -0.3 is 32.8 Å². The van der Waals surface area contributed by atoms with Crippen molar-refractivity contribution in [3.8, 4) is 0 Å². The lowest BCUT2D eigenvalue weighted by Crippen LogP contribution is -2.50. The molecule has 1 aromatic rings. The summed E-state index contributed by atoms with van der Waals surface area (Å²) in [5, 5.41) is 4.92. The van der Waals surface area contributed by atoms with Gasteiger partial charge in [-0.2, -0.15) is 0 Å². The molecule has 3 rings (SSSR count). The Morgan fingerprint density at radius 1 is 0.872 bits per heavy atom. The van der Waals surface area contributed by atoms with E-state index < -0.39 is 74.1 Å². The first-order valence-corrected chi connectivity index (χ1v) is 18.8. The molecule has 0 radical (unpaired) electrons. The molecular weight excluding hydrogens is 626 g/mol. The maximum Gasteiger partial charge on any atom is 0.414 e. The third-order valence-electron chi connectivity index (χ3n) is 7.61. The van der Waals surface area contributed by atoms with Gasteiger partial charge in [0.25, 0.3) is 0 Å². The Balaban J connectivity index is 2.03. The van der Waals surface area contributed by atoms with Crippen LogP contribution in [0.2, 0.25) is 18.1 Å². The highest BCUT2D eigenvalue weighted by Crippen LogP contribution is 2.42. The van der Waals surface area contributed by atoms with Gasteiger partial charge in [-0.05, 0) is 85.7 Å². The van der Waals surface area contributed by atoms with Crippen LogP contribution < -0.4 is 10.6 Å². The average Bonchev–Trinajstić information content (AvgIpc) is 3.37. The van der Waals surface area contributed by atoms with Crippen LogP contribution in [0.5, 0.6) is 0 Å². The number of alkyl carbamates (subject to hydrolysis) is 2. The first-order valence-electron chi connectivity index (χ1n) is 15.8. The van der Waals surface area contributed by atoms with Crippen LogP contribution >= 0.6 is 0 Å². The predicted molar refractivity (Wildman–Crippen MR) is 177 cm³/mol. The number of nitrogens with zero attached hydrogens (tertiary/aromatic N) is 1. The van der Waals surface area contributed by atoms with E-state index in [2.05, 4.69) is 44.5 Å². The van der Waals surface area contributed by atoms with Crippen LogP contribution in [0.4, 0.5) is 9.59 Å². The number of aliphatic imine (C=N–C) groups is 1. The molecule has 0 spiro atoms. The lowest BCUT2D eigenvalue weighted by molar-refractivity contribution is -0.222. The molecule has 2 aliphatic rings. The minimum absolute atomic E-state index is 0.0169. The number of rotatable bonds is 7. The Morgan fingerprint density at radius 2 is 1.38 bits per heavy atom. The van der Waals surface area contributed by atoms with Gasteiger partial charge >= 0.3 is 18.2 Å². The standard InChI is InChI=1S/C33H53N3O10Si/c1-30(2,3)45-28(38)35-27(36-29(39)46-31(4,5)6)34-21(19-40-47(12,13)32(7,8)9)22-23-24(44-33(10,11)43-23)26(41-22)42-25(37)20-17-15-14-16-18-20/h14-18,21-24,26H,19H2,1-13H3,(H2,34,35,36,38,39)/t21-,22+,23-,24-,26+/m0/s1. The molecule has 0 aromatic heterocycles. The molecule has 5 atom stereocenters. The van der Waals surface area contributed by atoms with Crippen LogP contribution in [0, 0.1) is 0 Å². The van der Waals surface area contributed by atoms with Crippen LogP contribution in [-0.2, 0) is 32.8 Å².